The molecule has 0 spiro atoms. The Kier molecular flexibility index (Phi) is 6.36. The minimum atomic E-state index is -0.318. The number of aromatic amines is 1. The van der Waals surface area contributed by atoms with Gasteiger partial charge in [0.2, 0.25) is 5.91 Å². The van der Waals surface area contributed by atoms with Crippen LogP contribution in [-0.4, -0.2) is 53.5 Å². The molecule has 0 bridgehead atoms. The molecule has 1 aromatic carbocycles. The number of H-pyrrole nitrogens is 1. The van der Waals surface area contributed by atoms with E-state index in [4.69, 9.17) is 0 Å². The summed E-state index contributed by atoms with van der Waals surface area (Å²) in [6, 6.07) is 16.4. The first-order valence-electron chi connectivity index (χ1n) is 12.4. The van der Waals surface area contributed by atoms with Crippen LogP contribution >= 0.6 is 0 Å². The van der Waals surface area contributed by atoms with Crippen molar-refractivity contribution in [3.63, 3.8) is 0 Å². The number of carbonyl (C=O) groups is 1. The van der Waals surface area contributed by atoms with E-state index in [2.05, 4.69) is 62.3 Å². The third kappa shape index (κ3) is 4.76. The summed E-state index contributed by atoms with van der Waals surface area (Å²) in [5, 5.41) is 4.35. The largest absolute Gasteiger partial charge is 0.356 e. The van der Waals surface area contributed by atoms with Crippen LogP contribution in [0.3, 0.4) is 0 Å². The highest BCUT2D eigenvalue weighted by Crippen LogP contribution is 2.43. The maximum Gasteiger partial charge on any atom is 0.231 e. The van der Waals surface area contributed by atoms with Crippen molar-refractivity contribution in [1.29, 1.82) is 0 Å². The van der Waals surface area contributed by atoms with Gasteiger partial charge >= 0.3 is 0 Å². The van der Waals surface area contributed by atoms with E-state index in [-0.39, 0.29) is 11.3 Å². The van der Waals surface area contributed by atoms with Crippen LogP contribution in [0.5, 0.6) is 0 Å². The fraction of sp³-hybridized carbons (Fsp3) is 0.481. The standard InChI is InChI=1S/C27H35N5O/c1-27(26(33)30-24-11-5-7-14-28-24)13-6-4-9-22(27)12-15-31-16-18-32(19-17-31)25-20-21-8-2-3-10-23(21)29-25/h2-3,5,7-8,10-11,14,20,22,29H,4,6,9,12-13,15-19H2,1H3,(H,28,30,33). The number of pyridine rings is 1. The smallest absolute Gasteiger partial charge is 0.231 e. The topological polar surface area (TPSA) is 64.3 Å². The van der Waals surface area contributed by atoms with Gasteiger partial charge in [-0.15, -0.1) is 0 Å². The summed E-state index contributed by atoms with van der Waals surface area (Å²) in [5.41, 5.74) is 0.887. The molecule has 5 rings (SSSR count). The molecule has 33 heavy (non-hydrogen) atoms. The Hall–Kier alpha value is -2.86. The highest BCUT2D eigenvalue weighted by atomic mass is 16.2. The maximum absolute atomic E-state index is 13.2. The summed E-state index contributed by atoms with van der Waals surface area (Å²) in [4.78, 5) is 26.1. The Labute approximate surface area is 196 Å². The van der Waals surface area contributed by atoms with Gasteiger partial charge < -0.3 is 15.2 Å². The third-order valence-corrected chi connectivity index (χ3v) is 7.85. The molecule has 1 aliphatic heterocycles. The van der Waals surface area contributed by atoms with Crippen molar-refractivity contribution in [3.05, 3.63) is 54.7 Å². The summed E-state index contributed by atoms with van der Waals surface area (Å²) in [7, 11) is 0. The summed E-state index contributed by atoms with van der Waals surface area (Å²) in [5.74, 6) is 2.43. The number of carbonyl (C=O) groups excluding carboxylic acids is 1. The van der Waals surface area contributed by atoms with Crippen LogP contribution in [0, 0.1) is 11.3 Å². The molecular formula is C27H35N5O. The molecule has 3 aromatic rings. The Morgan fingerprint density at radius 2 is 1.94 bits per heavy atom. The zero-order valence-electron chi connectivity index (χ0n) is 19.6. The molecule has 174 valence electrons. The lowest BCUT2D eigenvalue weighted by molar-refractivity contribution is -0.130. The van der Waals surface area contributed by atoms with Gasteiger partial charge in [0.1, 0.15) is 11.6 Å². The number of aromatic nitrogens is 2. The number of anilines is 2. The fourth-order valence-corrected chi connectivity index (χ4v) is 5.64. The Morgan fingerprint density at radius 3 is 2.73 bits per heavy atom. The maximum atomic E-state index is 13.2. The number of benzene rings is 1. The van der Waals surface area contributed by atoms with E-state index in [9.17, 15) is 4.79 Å². The van der Waals surface area contributed by atoms with E-state index in [1.165, 1.54) is 23.1 Å². The van der Waals surface area contributed by atoms with Crippen molar-refractivity contribution in [2.75, 3.05) is 42.9 Å². The van der Waals surface area contributed by atoms with Gasteiger partial charge in [0.05, 0.1) is 0 Å². The lowest BCUT2D eigenvalue weighted by atomic mass is 9.65. The van der Waals surface area contributed by atoms with Gasteiger partial charge in [0, 0.05) is 48.7 Å². The number of rotatable bonds is 6. The molecule has 1 amide bonds. The monoisotopic (exact) mass is 445 g/mol. The van der Waals surface area contributed by atoms with Crippen LogP contribution in [0.1, 0.15) is 39.0 Å². The van der Waals surface area contributed by atoms with E-state index in [1.54, 1.807) is 6.20 Å². The third-order valence-electron chi connectivity index (χ3n) is 7.85. The molecule has 1 saturated heterocycles. The zero-order chi connectivity index (χ0) is 22.7. The van der Waals surface area contributed by atoms with Crippen molar-refractivity contribution in [2.24, 2.45) is 11.3 Å². The summed E-state index contributed by atoms with van der Waals surface area (Å²) in [6.07, 6.45) is 7.27. The van der Waals surface area contributed by atoms with Crippen molar-refractivity contribution in [3.8, 4) is 0 Å². The van der Waals surface area contributed by atoms with Gasteiger partial charge in [-0.25, -0.2) is 4.98 Å². The number of hydrogen-bond acceptors (Lipinski definition) is 4. The minimum Gasteiger partial charge on any atom is -0.356 e. The fourth-order valence-electron chi connectivity index (χ4n) is 5.64. The van der Waals surface area contributed by atoms with Crippen molar-refractivity contribution < 1.29 is 4.79 Å². The molecule has 2 atom stereocenters. The predicted octanol–water partition coefficient (Wildman–Crippen LogP) is 4.91. The average molecular weight is 446 g/mol. The number of nitrogens with zero attached hydrogens (tertiary/aromatic N) is 3. The first-order chi connectivity index (χ1) is 16.1. The predicted molar refractivity (Wildman–Crippen MR) is 135 cm³/mol. The normalized spacial score (nSPS) is 24.2. The summed E-state index contributed by atoms with van der Waals surface area (Å²) in [6.45, 7) is 7.45. The van der Waals surface area contributed by atoms with Gasteiger partial charge in [-0.3, -0.25) is 9.69 Å². The molecule has 6 nitrogen and oxygen atoms in total. The SMILES string of the molecule is CC1(C(=O)Nc2ccccn2)CCCCC1CCN1CCN(c2cc3ccccc3[nH]2)CC1. The van der Waals surface area contributed by atoms with Gasteiger partial charge in [-0.2, -0.15) is 0 Å². The quantitative estimate of drug-likeness (QED) is 0.566. The second-order valence-electron chi connectivity index (χ2n) is 9.89. The Bertz CT molecular complexity index is 1040. The highest BCUT2D eigenvalue weighted by Gasteiger charge is 2.42. The molecule has 6 heteroatoms. The molecule has 0 radical (unpaired) electrons. The molecule has 1 saturated carbocycles. The first-order valence-corrected chi connectivity index (χ1v) is 12.4. The summed E-state index contributed by atoms with van der Waals surface area (Å²) >= 11 is 0. The average Bonchev–Trinajstić information content (AvgIpc) is 3.29. The molecule has 2 unspecified atom stereocenters. The van der Waals surface area contributed by atoms with Gasteiger partial charge in [0.15, 0.2) is 0 Å². The van der Waals surface area contributed by atoms with Crippen LogP contribution in [0.25, 0.3) is 10.9 Å². The molecule has 2 fully saturated rings. The first kappa shape index (κ1) is 22.0. The van der Waals surface area contributed by atoms with Crippen LogP contribution < -0.4 is 10.2 Å². The van der Waals surface area contributed by atoms with Gasteiger partial charge in [-0.1, -0.05) is 44.0 Å². The van der Waals surface area contributed by atoms with E-state index in [0.717, 1.165) is 58.4 Å². The molecule has 1 aliphatic carbocycles. The summed E-state index contributed by atoms with van der Waals surface area (Å²) < 4.78 is 0. The number of nitrogens with one attached hydrogen (secondary N) is 2. The lowest BCUT2D eigenvalue weighted by Crippen LogP contribution is -2.48. The van der Waals surface area contributed by atoms with Gasteiger partial charge in [0.25, 0.3) is 0 Å². The minimum absolute atomic E-state index is 0.134. The lowest BCUT2D eigenvalue weighted by Gasteiger charge is -2.42. The van der Waals surface area contributed by atoms with Crippen molar-refractivity contribution in [2.45, 2.75) is 39.0 Å². The van der Waals surface area contributed by atoms with Crippen LogP contribution in [0.15, 0.2) is 54.7 Å². The Balaban J connectivity index is 1.16. The second kappa shape index (κ2) is 9.56. The number of para-hydroxylation sites is 1. The van der Waals surface area contributed by atoms with Crippen molar-refractivity contribution in [1.82, 2.24) is 14.9 Å². The number of amides is 1. The second-order valence-corrected chi connectivity index (χ2v) is 9.89. The van der Waals surface area contributed by atoms with E-state index in [1.807, 2.05) is 18.2 Å². The van der Waals surface area contributed by atoms with E-state index < -0.39 is 0 Å². The van der Waals surface area contributed by atoms with E-state index in [0.29, 0.717) is 11.7 Å². The van der Waals surface area contributed by atoms with E-state index >= 15 is 0 Å². The van der Waals surface area contributed by atoms with Crippen LogP contribution in [0.4, 0.5) is 11.6 Å². The molecule has 2 aliphatic rings. The number of hydrogen-bond donors (Lipinski definition) is 2. The number of fused-ring (bicyclic) bond motifs is 1. The number of piperazine rings is 1. The van der Waals surface area contributed by atoms with Gasteiger partial charge in [-0.05, 0) is 56.0 Å². The van der Waals surface area contributed by atoms with Crippen LogP contribution in [0.2, 0.25) is 0 Å². The highest BCUT2D eigenvalue weighted by molar-refractivity contribution is 5.94. The van der Waals surface area contributed by atoms with Crippen LogP contribution in [-0.2, 0) is 4.79 Å². The molecule has 2 N–H and O–H groups in total. The molecule has 2 aromatic heterocycles. The molecule has 3 heterocycles. The zero-order valence-corrected chi connectivity index (χ0v) is 19.6. The molecular weight excluding hydrogens is 410 g/mol. The Morgan fingerprint density at radius 1 is 1.12 bits per heavy atom. The van der Waals surface area contributed by atoms with Crippen molar-refractivity contribution >= 4 is 28.4 Å².